The van der Waals surface area contributed by atoms with Crippen molar-refractivity contribution >= 4 is 5.52 Å². The summed E-state index contributed by atoms with van der Waals surface area (Å²) in [7, 11) is 0. The van der Waals surface area contributed by atoms with Gasteiger partial charge in [0.05, 0.1) is 11.1 Å². The van der Waals surface area contributed by atoms with Gasteiger partial charge in [-0.05, 0) is 31.0 Å². The van der Waals surface area contributed by atoms with Crippen molar-refractivity contribution in [1.82, 2.24) is 9.30 Å². The predicted molar refractivity (Wildman–Crippen MR) is 79.1 cm³/mol. The lowest BCUT2D eigenvalue weighted by Gasteiger charge is -2.34. The number of nitriles is 1. The summed E-state index contributed by atoms with van der Waals surface area (Å²) >= 11 is 0. The first-order chi connectivity index (χ1) is 9.69. The molecule has 1 saturated heterocycles. The smallest absolute Gasteiger partial charge is 0.102 e. The highest BCUT2D eigenvalue weighted by Crippen LogP contribution is 2.22. The SMILES string of the molecule is CC1CCN(Cc2cn3ccccc3c2C#N)CC1N. The fourth-order valence-corrected chi connectivity index (χ4v) is 2.98. The molecule has 2 N–H and O–H groups in total. The van der Waals surface area contributed by atoms with Crippen LogP contribution < -0.4 is 5.73 Å². The van der Waals surface area contributed by atoms with E-state index < -0.39 is 0 Å². The van der Waals surface area contributed by atoms with E-state index in [-0.39, 0.29) is 6.04 Å². The van der Waals surface area contributed by atoms with Crippen LogP contribution in [0, 0.1) is 17.2 Å². The predicted octanol–water partition coefficient (Wildman–Crippen LogP) is 1.98. The van der Waals surface area contributed by atoms with Gasteiger partial charge in [0.15, 0.2) is 0 Å². The Hall–Kier alpha value is -1.83. The number of rotatable bonds is 2. The second kappa shape index (κ2) is 5.28. The molecule has 0 aliphatic carbocycles. The molecule has 104 valence electrons. The van der Waals surface area contributed by atoms with Gasteiger partial charge in [-0.1, -0.05) is 13.0 Å². The van der Waals surface area contributed by atoms with Crippen molar-refractivity contribution in [3.8, 4) is 6.07 Å². The molecule has 1 aliphatic rings. The van der Waals surface area contributed by atoms with Crippen LogP contribution in [0.3, 0.4) is 0 Å². The molecule has 20 heavy (non-hydrogen) atoms. The van der Waals surface area contributed by atoms with Crippen molar-refractivity contribution in [2.75, 3.05) is 13.1 Å². The molecule has 1 aliphatic heterocycles. The van der Waals surface area contributed by atoms with Crippen LogP contribution in [0.1, 0.15) is 24.5 Å². The van der Waals surface area contributed by atoms with Gasteiger partial charge in [0.25, 0.3) is 0 Å². The van der Waals surface area contributed by atoms with Crippen LogP contribution >= 0.6 is 0 Å². The monoisotopic (exact) mass is 268 g/mol. The number of nitrogens with zero attached hydrogens (tertiary/aromatic N) is 3. The van der Waals surface area contributed by atoms with E-state index in [0.29, 0.717) is 5.92 Å². The van der Waals surface area contributed by atoms with E-state index in [4.69, 9.17) is 5.73 Å². The van der Waals surface area contributed by atoms with Gasteiger partial charge < -0.3 is 10.1 Å². The lowest BCUT2D eigenvalue weighted by Crippen LogP contribution is -2.47. The van der Waals surface area contributed by atoms with Crippen molar-refractivity contribution in [3.05, 3.63) is 41.7 Å². The van der Waals surface area contributed by atoms with Gasteiger partial charge in [0.2, 0.25) is 0 Å². The molecule has 2 aromatic heterocycles. The zero-order chi connectivity index (χ0) is 14.1. The highest BCUT2D eigenvalue weighted by molar-refractivity contribution is 5.65. The molecule has 0 radical (unpaired) electrons. The number of nitrogens with two attached hydrogens (primary N) is 1. The highest BCUT2D eigenvalue weighted by atomic mass is 15.1. The first-order valence-electron chi connectivity index (χ1n) is 7.15. The van der Waals surface area contributed by atoms with Crippen molar-refractivity contribution in [2.45, 2.75) is 25.9 Å². The van der Waals surface area contributed by atoms with Crippen LogP contribution in [-0.4, -0.2) is 28.4 Å². The number of aromatic nitrogens is 1. The van der Waals surface area contributed by atoms with Crippen LogP contribution in [0.2, 0.25) is 0 Å². The molecule has 2 aromatic rings. The fourth-order valence-electron chi connectivity index (χ4n) is 2.98. The number of hydrogen-bond acceptors (Lipinski definition) is 3. The van der Waals surface area contributed by atoms with Gasteiger partial charge in [0, 0.05) is 37.1 Å². The molecule has 4 nitrogen and oxygen atoms in total. The summed E-state index contributed by atoms with van der Waals surface area (Å²) in [5.41, 5.74) is 9.03. The summed E-state index contributed by atoms with van der Waals surface area (Å²) in [6, 6.07) is 8.54. The van der Waals surface area contributed by atoms with Crippen LogP contribution in [-0.2, 0) is 6.54 Å². The second-order valence-electron chi connectivity index (χ2n) is 5.80. The first-order valence-corrected chi connectivity index (χ1v) is 7.15. The third-order valence-electron chi connectivity index (χ3n) is 4.37. The number of likely N-dealkylation sites (tertiary alicyclic amines) is 1. The van der Waals surface area contributed by atoms with Crippen LogP contribution in [0.15, 0.2) is 30.6 Å². The minimum absolute atomic E-state index is 0.242. The molecule has 4 heteroatoms. The molecule has 0 bridgehead atoms. The summed E-state index contributed by atoms with van der Waals surface area (Å²) in [6.07, 6.45) is 5.19. The van der Waals surface area contributed by atoms with E-state index in [9.17, 15) is 5.26 Å². The van der Waals surface area contributed by atoms with E-state index >= 15 is 0 Å². The summed E-state index contributed by atoms with van der Waals surface area (Å²) in [5.74, 6) is 0.592. The molecule has 3 rings (SSSR count). The molecular formula is C16H20N4. The number of pyridine rings is 1. The van der Waals surface area contributed by atoms with E-state index in [2.05, 4.69) is 24.1 Å². The minimum atomic E-state index is 0.242. The Morgan fingerprint density at radius 2 is 2.30 bits per heavy atom. The normalized spacial score (nSPS) is 23.9. The van der Waals surface area contributed by atoms with Crippen molar-refractivity contribution < 1.29 is 0 Å². The van der Waals surface area contributed by atoms with E-state index in [1.54, 1.807) is 0 Å². The van der Waals surface area contributed by atoms with E-state index in [1.165, 1.54) is 0 Å². The minimum Gasteiger partial charge on any atom is -0.326 e. The molecular weight excluding hydrogens is 248 g/mol. The Labute approximate surface area is 119 Å². The molecule has 2 atom stereocenters. The average molecular weight is 268 g/mol. The first kappa shape index (κ1) is 13.2. The summed E-state index contributed by atoms with van der Waals surface area (Å²) < 4.78 is 2.03. The average Bonchev–Trinajstić information content (AvgIpc) is 2.80. The van der Waals surface area contributed by atoms with Crippen LogP contribution in [0.4, 0.5) is 0 Å². The Bertz CT molecular complexity index is 652. The number of hydrogen-bond donors (Lipinski definition) is 1. The van der Waals surface area contributed by atoms with Crippen LogP contribution in [0.5, 0.6) is 0 Å². The lowest BCUT2D eigenvalue weighted by atomic mass is 9.94. The molecule has 0 saturated carbocycles. The van der Waals surface area contributed by atoms with E-state index in [0.717, 1.165) is 42.7 Å². The Balaban J connectivity index is 1.86. The van der Waals surface area contributed by atoms with Gasteiger partial charge in [0.1, 0.15) is 6.07 Å². The second-order valence-corrected chi connectivity index (χ2v) is 5.80. The maximum absolute atomic E-state index is 9.42. The van der Waals surface area contributed by atoms with E-state index in [1.807, 2.05) is 28.8 Å². The molecule has 0 amide bonds. The zero-order valence-electron chi connectivity index (χ0n) is 11.8. The molecule has 0 spiro atoms. The highest BCUT2D eigenvalue weighted by Gasteiger charge is 2.24. The standard InChI is InChI=1S/C16H20N4/c1-12-5-7-19(11-15(12)18)9-13-10-20-6-3-2-4-16(20)14(13)8-17/h2-4,6,10,12,15H,5,7,9,11,18H2,1H3. The molecule has 0 aromatic carbocycles. The summed E-state index contributed by atoms with van der Waals surface area (Å²) in [6.45, 7) is 5.00. The molecule has 3 heterocycles. The van der Waals surface area contributed by atoms with Crippen molar-refractivity contribution in [2.24, 2.45) is 11.7 Å². The third-order valence-corrected chi connectivity index (χ3v) is 4.37. The topological polar surface area (TPSA) is 57.5 Å². The van der Waals surface area contributed by atoms with Crippen LogP contribution in [0.25, 0.3) is 5.52 Å². The summed E-state index contributed by atoms with van der Waals surface area (Å²) in [5, 5.41) is 9.42. The Morgan fingerprint density at radius 3 is 3.05 bits per heavy atom. The third kappa shape index (κ3) is 2.31. The van der Waals surface area contributed by atoms with Gasteiger partial charge in [-0.15, -0.1) is 0 Å². The Morgan fingerprint density at radius 1 is 1.45 bits per heavy atom. The van der Waals surface area contributed by atoms with Gasteiger partial charge >= 0.3 is 0 Å². The van der Waals surface area contributed by atoms with Gasteiger partial charge in [-0.2, -0.15) is 5.26 Å². The largest absolute Gasteiger partial charge is 0.326 e. The number of piperidine rings is 1. The van der Waals surface area contributed by atoms with Crippen molar-refractivity contribution in [3.63, 3.8) is 0 Å². The Kier molecular flexibility index (Phi) is 3.47. The fraction of sp³-hybridized carbons (Fsp3) is 0.438. The number of fused-ring (bicyclic) bond motifs is 1. The lowest BCUT2D eigenvalue weighted by molar-refractivity contribution is 0.162. The van der Waals surface area contributed by atoms with Gasteiger partial charge in [-0.3, -0.25) is 4.90 Å². The maximum Gasteiger partial charge on any atom is 0.102 e. The summed E-state index contributed by atoms with van der Waals surface area (Å²) in [4.78, 5) is 2.36. The molecule has 1 fully saturated rings. The zero-order valence-corrected chi connectivity index (χ0v) is 11.8. The maximum atomic E-state index is 9.42. The molecule has 2 unspecified atom stereocenters. The van der Waals surface area contributed by atoms with Gasteiger partial charge in [-0.25, -0.2) is 0 Å². The quantitative estimate of drug-likeness (QED) is 0.906. The van der Waals surface area contributed by atoms with Crippen molar-refractivity contribution in [1.29, 1.82) is 5.26 Å².